The van der Waals surface area contributed by atoms with Crippen molar-refractivity contribution in [3.05, 3.63) is 72.6 Å². The van der Waals surface area contributed by atoms with Gasteiger partial charge < -0.3 is 18.9 Å². The summed E-state index contributed by atoms with van der Waals surface area (Å²) < 4.78 is 16.9. The highest BCUT2D eigenvalue weighted by Crippen LogP contribution is 2.35. The predicted octanol–water partition coefficient (Wildman–Crippen LogP) is 4.95. The standard InChI is InChI=1S/C22H19N5O4S2/c1-29-15-8-6-14(7-9-15)23-21-24-25-22(33-21)32-13-20(28)27-17(19-5-3-11-31-19)12-16(26-27)18-4-2-10-30-18/h2-11,17H,12-13H2,1H3,(H,23,24). The van der Waals surface area contributed by atoms with E-state index in [0.717, 1.165) is 11.4 Å². The largest absolute Gasteiger partial charge is 0.497 e. The number of carbonyl (C=O) groups excluding carboxylic acids is 1. The molecule has 1 amide bonds. The second-order valence-corrected chi connectivity index (χ2v) is 9.21. The Labute approximate surface area is 197 Å². The number of benzene rings is 1. The molecule has 0 fully saturated rings. The SMILES string of the molecule is COc1ccc(Nc2nnc(SCC(=O)N3N=C(c4ccco4)CC3c3ccco3)s2)cc1. The zero-order chi connectivity index (χ0) is 22.6. The van der Waals surface area contributed by atoms with Crippen LogP contribution in [0.4, 0.5) is 10.8 Å². The first kappa shape index (κ1) is 21.3. The number of aromatic nitrogens is 2. The third kappa shape index (κ3) is 4.78. The second kappa shape index (κ2) is 9.51. The molecule has 11 heteroatoms. The quantitative estimate of drug-likeness (QED) is 0.353. The molecule has 0 saturated carbocycles. The van der Waals surface area contributed by atoms with E-state index in [0.29, 0.717) is 33.1 Å². The average Bonchev–Trinajstić information content (AvgIpc) is 3.63. The molecule has 1 aliphatic heterocycles. The van der Waals surface area contributed by atoms with Crippen LogP contribution >= 0.6 is 23.1 Å². The highest BCUT2D eigenvalue weighted by atomic mass is 32.2. The highest BCUT2D eigenvalue weighted by Gasteiger charge is 2.35. The minimum absolute atomic E-state index is 0.150. The number of carbonyl (C=O) groups is 1. The van der Waals surface area contributed by atoms with Crippen LogP contribution in [0.25, 0.3) is 0 Å². The van der Waals surface area contributed by atoms with Crippen molar-refractivity contribution in [2.24, 2.45) is 5.10 Å². The van der Waals surface area contributed by atoms with Crippen molar-refractivity contribution in [3.8, 4) is 5.75 Å². The molecular formula is C22H19N5O4S2. The third-order valence-corrected chi connectivity index (χ3v) is 6.87. The molecule has 4 aromatic rings. The van der Waals surface area contributed by atoms with Gasteiger partial charge in [-0.15, -0.1) is 10.2 Å². The van der Waals surface area contributed by atoms with Gasteiger partial charge in [0, 0.05) is 12.1 Å². The number of methoxy groups -OCH3 is 1. The highest BCUT2D eigenvalue weighted by molar-refractivity contribution is 8.01. The number of nitrogens with one attached hydrogen (secondary N) is 1. The van der Waals surface area contributed by atoms with E-state index in [-0.39, 0.29) is 17.7 Å². The van der Waals surface area contributed by atoms with E-state index in [4.69, 9.17) is 13.6 Å². The van der Waals surface area contributed by atoms with Gasteiger partial charge in [-0.25, -0.2) is 5.01 Å². The Morgan fingerprint density at radius 3 is 2.73 bits per heavy atom. The summed E-state index contributed by atoms with van der Waals surface area (Å²) in [5, 5.41) is 18.2. The summed E-state index contributed by atoms with van der Waals surface area (Å²) in [4.78, 5) is 13.1. The second-order valence-electron chi connectivity index (χ2n) is 7.01. The molecule has 33 heavy (non-hydrogen) atoms. The Bertz CT molecular complexity index is 1240. The van der Waals surface area contributed by atoms with E-state index in [1.165, 1.54) is 28.1 Å². The van der Waals surface area contributed by atoms with Crippen LogP contribution < -0.4 is 10.1 Å². The summed E-state index contributed by atoms with van der Waals surface area (Å²) in [7, 11) is 1.63. The van der Waals surface area contributed by atoms with E-state index < -0.39 is 0 Å². The van der Waals surface area contributed by atoms with Gasteiger partial charge in [0.05, 0.1) is 25.4 Å². The molecule has 9 nitrogen and oxygen atoms in total. The number of rotatable bonds is 8. The first-order valence-electron chi connectivity index (χ1n) is 10.0. The lowest BCUT2D eigenvalue weighted by Gasteiger charge is -2.19. The number of thioether (sulfide) groups is 1. The molecule has 1 N–H and O–H groups in total. The van der Waals surface area contributed by atoms with Gasteiger partial charge in [-0.1, -0.05) is 23.1 Å². The minimum atomic E-state index is -0.310. The van der Waals surface area contributed by atoms with Gasteiger partial charge in [-0.2, -0.15) is 5.10 Å². The summed E-state index contributed by atoms with van der Waals surface area (Å²) in [6.07, 6.45) is 3.70. The lowest BCUT2D eigenvalue weighted by Crippen LogP contribution is -2.28. The molecule has 1 aliphatic rings. The van der Waals surface area contributed by atoms with Crippen LogP contribution in [-0.2, 0) is 4.79 Å². The minimum Gasteiger partial charge on any atom is -0.497 e. The zero-order valence-electron chi connectivity index (χ0n) is 17.5. The molecule has 1 unspecified atom stereocenters. The number of ether oxygens (including phenoxy) is 1. The Morgan fingerprint density at radius 1 is 1.18 bits per heavy atom. The molecule has 0 radical (unpaired) electrons. The molecule has 3 aromatic heterocycles. The number of anilines is 2. The van der Waals surface area contributed by atoms with Gasteiger partial charge in [-0.3, -0.25) is 4.79 Å². The monoisotopic (exact) mass is 481 g/mol. The lowest BCUT2D eigenvalue weighted by atomic mass is 10.1. The normalized spacial score (nSPS) is 15.5. The maximum Gasteiger partial charge on any atom is 0.253 e. The first-order chi connectivity index (χ1) is 16.2. The molecule has 4 heterocycles. The van der Waals surface area contributed by atoms with Crippen LogP contribution in [0.15, 0.2) is 79.3 Å². The van der Waals surface area contributed by atoms with Crippen molar-refractivity contribution >= 4 is 45.5 Å². The zero-order valence-corrected chi connectivity index (χ0v) is 19.1. The van der Waals surface area contributed by atoms with Crippen molar-refractivity contribution in [2.45, 2.75) is 16.8 Å². The number of hydrogen-bond acceptors (Lipinski definition) is 10. The van der Waals surface area contributed by atoms with Gasteiger partial charge in [0.25, 0.3) is 5.91 Å². The van der Waals surface area contributed by atoms with Gasteiger partial charge in [0.15, 0.2) is 4.34 Å². The molecular weight excluding hydrogens is 462 g/mol. The van der Waals surface area contributed by atoms with E-state index in [1.807, 2.05) is 36.4 Å². The van der Waals surface area contributed by atoms with E-state index in [9.17, 15) is 4.79 Å². The van der Waals surface area contributed by atoms with Gasteiger partial charge in [0.2, 0.25) is 5.13 Å². The van der Waals surface area contributed by atoms with Crippen LogP contribution in [0.5, 0.6) is 5.75 Å². The Morgan fingerprint density at radius 2 is 2.00 bits per heavy atom. The fourth-order valence-corrected chi connectivity index (χ4v) is 4.97. The Balaban J connectivity index is 1.24. The number of amides is 1. The van der Waals surface area contributed by atoms with Crippen LogP contribution in [0.3, 0.4) is 0 Å². The first-order valence-corrected chi connectivity index (χ1v) is 11.8. The molecule has 0 aliphatic carbocycles. The Kier molecular flexibility index (Phi) is 6.13. The third-order valence-electron chi connectivity index (χ3n) is 4.91. The maximum absolute atomic E-state index is 13.1. The molecule has 1 atom stereocenters. The van der Waals surface area contributed by atoms with Crippen molar-refractivity contribution in [1.29, 1.82) is 0 Å². The lowest BCUT2D eigenvalue weighted by molar-refractivity contribution is -0.130. The smallest absolute Gasteiger partial charge is 0.253 e. The molecule has 0 spiro atoms. The molecule has 5 rings (SSSR count). The topological polar surface area (TPSA) is 106 Å². The summed E-state index contributed by atoms with van der Waals surface area (Å²) in [6, 6.07) is 14.5. The molecule has 168 valence electrons. The molecule has 0 bridgehead atoms. The van der Waals surface area contributed by atoms with Crippen molar-refractivity contribution in [3.63, 3.8) is 0 Å². The number of furan rings is 2. The van der Waals surface area contributed by atoms with E-state index in [1.54, 1.807) is 31.8 Å². The van der Waals surface area contributed by atoms with Gasteiger partial charge >= 0.3 is 0 Å². The molecule has 1 aromatic carbocycles. The van der Waals surface area contributed by atoms with Crippen molar-refractivity contribution < 1.29 is 18.4 Å². The summed E-state index contributed by atoms with van der Waals surface area (Å²) >= 11 is 2.70. The Hall–Kier alpha value is -3.57. The summed E-state index contributed by atoms with van der Waals surface area (Å²) in [6.45, 7) is 0. The number of hydrogen-bond donors (Lipinski definition) is 1. The van der Waals surface area contributed by atoms with Gasteiger partial charge in [-0.05, 0) is 48.5 Å². The van der Waals surface area contributed by atoms with Gasteiger partial charge in [0.1, 0.15) is 29.0 Å². The number of hydrazone groups is 1. The fourth-order valence-electron chi connectivity index (χ4n) is 3.34. The fraction of sp³-hybridized carbons (Fsp3) is 0.182. The van der Waals surface area contributed by atoms with Crippen molar-refractivity contribution in [1.82, 2.24) is 15.2 Å². The molecule has 0 saturated heterocycles. The van der Waals surface area contributed by atoms with E-state index >= 15 is 0 Å². The van der Waals surface area contributed by atoms with Crippen LogP contribution in [0.1, 0.15) is 24.0 Å². The van der Waals surface area contributed by atoms with Crippen LogP contribution in [-0.4, -0.2) is 39.7 Å². The maximum atomic E-state index is 13.1. The number of nitrogens with zero attached hydrogens (tertiary/aromatic N) is 4. The predicted molar refractivity (Wildman–Crippen MR) is 125 cm³/mol. The van der Waals surface area contributed by atoms with Crippen LogP contribution in [0, 0.1) is 0 Å². The summed E-state index contributed by atoms with van der Waals surface area (Å²) in [5.74, 6) is 2.12. The van der Waals surface area contributed by atoms with Crippen LogP contribution in [0.2, 0.25) is 0 Å². The van der Waals surface area contributed by atoms with Crippen molar-refractivity contribution in [2.75, 3.05) is 18.2 Å². The van der Waals surface area contributed by atoms with E-state index in [2.05, 4.69) is 20.6 Å². The average molecular weight is 482 g/mol. The summed E-state index contributed by atoms with van der Waals surface area (Å²) in [5.41, 5.74) is 1.58.